The maximum absolute atomic E-state index is 13.2. The minimum absolute atomic E-state index is 0.218. The van der Waals surface area contributed by atoms with Gasteiger partial charge in [-0.15, -0.1) is 0 Å². The van der Waals surface area contributed by atoms with Crippen LogP contribution < -0.4 is 20.1 Å². The second-order valence-corrected chi connectivity index (χ2v) is 11.4. The van der Waals surface area contributed by atoms with E-state index < -0.39 is 21.6 Å². The van der Waals surface area contributed by atoms with E-state index in [0.29, 0.717) is 35.8 Å². The zero-order valence-corrected chi connectivity index (χ0v) is 21.4. The van der Waals surface area contributed by atoms with Crippen LogP contribution in [0, 0.1) is 0 Å². The molecule has 9 heteroatoms. The fraction of sp³-hybridized carbons (Fsp3) is 0.480. The van der Waals surface area contributed by atoms with E-state index in [-0.39, 0.29) is 10.8 Å². The summed E-state index contributed by atoms with van der Waals surface area (Å²) in [6.45, 7) is 6.85. The van der Waals surface area contributed by atoms with Gasteiger partial charge in [0.05, 0.1) is 19.1 Å². The lowest BCUT2D eigenvalue weighted by Gasteiger charge is -2.27. The largest absolute Gasteiger partial charge is 0.493 e. The van der Waals surface area contributed by atoms with Crippen LogP contribution in [0.5, 0.6) is 11.5 Å². The van der Waals surface area contributed by atoms with E-state index in [4.69, 9.17) is 9.47 Å². The van der Waals surface area contributed by atoms with Crippen molar-refractivity contribution in [1.82, 2.24) is 9.62 Å². The Balaban J connectivity index is 1.88. The van der Waals surface area contributed by atoms with Crippen LogP contribution in [0.15, 0.2) is 47.4 Å². The number of nitrogens with one attached hydrogen (secondary N) is 2. The number of rotatable bonds is 8. The lowest BCUT2D eigenvalue weighted by molar-refractivity contribution is -0.123. The van der Waals surface area contributed by atoms with Gasteiger partial charge in [-0.1, -0.05) is 12.5 Å². The van der Waals surface area contributed by atoms with Crippen LogP contribution in [-0.4, -0.2) is 51.5 Å². The normalized spacial score (nSPS) is 15.9. The van der Waals surface area contributed by atoms with Gasteiger partial charge in [-0.3, -0.25) is 4.79 Å². The summed E-state index contributed by atoms with van der Waals surface area (Å²) in [6, 6.07) is 11.1. The molecule has 1 amide bonds. The number of hydrogen-bond donors (Lipinski definition) is 2. The molecule has 3 rings (SSSR count). The summed E-state index contributed by atoms with van der Waals surface area (Å²) in [6.07, 6.45) is 2.83. The van der Waals surface area contributed by atoms with Gasteiger partial charge in [0.15, 0.2) is 11.5 Å². The van der Waals surface area contributed by atoms with E-state index in [9.17, 15) is 13.2 Å². The Hall–Kier alpha value is -2.78. The van der Waals surface area contributed by atoms with Crippen molar-refractivity contribution >= 4 is 21.6 Å². The first kappa shape index (κ1) is 25.8. The predicted octanol–water partition coefficient (Wildman–Crippen LogP) is 3.95. The van der Waals surface area contributed by atoms with Crippen LogP contribution in [0.3, 0.4) is 0 Å². The Morgan fingerprint density at radius 3 is 2.12 bits per heavy atom. The van der Waals surface area contributed by atoms with Crippen molar-refractivity contribution in [3.05, 3.63) is 48.0 Å². The van der Waals surface area contributed by atoms with Gasteiger partial charge in [-0.05, 0) is 75.6 Å². The molecule has 0 spiro atoms. The summed E-state index contributed by atoms with van der Waals surface area (Å²) in [5.74, 6) is 0.858. The standard InChI is InChI=1S/C25H35N3O5S/c1-25(2,3)27-24(29)23(18-9-14-21(32-4)22(17-18)33-5)26-19-10-12-20(13-11-19)34(30,31)28-15-7-6-8-16-28/h9-14,17,23,26H,6-8,15-16H2,1-5H3,(H,27,29). The maximum Gasteiger partial charge on any atom is 0.247 e. The molecule has 1 aliphatic heterocycles. The van der Waals surface area contributed by atoms with E-state index in [1.54, 1.807) is 61.0 Å². The quantitative estimate of drug-likeness (QED) is 0.583. The van der Waals surface area contributed by atoms with Gasteiger partial charge in [0.1, 0.15) is 6.04 Å². The van der Waals surface area contributed by atoms with E-state index in [1.165, 1.54) is 0 Å². The van der Waals surface area contributed by atoms with Gasteiger partial charge in [0.25, 0.3) is 0 Å². The summed E-state index contributed by atoms with van der Waals surface area (Å²) >= 11 is 0. The molecule has 2 N–H and O–H groups in total. The molecule has 0 radical (unpaired) electrons. The molecule has 8 nitrogen and oxygen atoms in total. The van der Waals surface area contributed by atoms with Gasteiger partial charge in [-0.25, -0.2) is 8.42 Å². The average molecular weight is 490 g/mol. The summed E-state index contributed by atoms with van der Waals surface area (Å²) in [5, 5.41) is 6.25. The monoisotopic (exact) mass is 489 g/mol. The van der Waals surface area contributed by atoms with E-state index in [1.807, 2.05) is 20.8 Å². The highest BCUT2D eigenvalue weighted by atomic mass is 32.2. The molecule has 1 aliphatic rings. The Labute approximate surface area is 202 Å². The first-order valence-electron chi connectivity index (χ1n) is 11.5. The van der Waals surface area contributed by atoms with Crippen LogP contribution in [0.2, 0.25) is 0 Å². The highest BCUT2D eigenvalue weighted by Crippen LogP contribution is 2.32. The van der Waals surface area contributed by atoms with Crippen molar-refractivity contribution in [2.75, 3.05) is 32.6 Å². The molecular formula is C25H35N3O5S. The average Bonchev–Trinajstić information content (AvgIpc) is 2.81. The molecule has 1 atom stereocenters. The number of nitrogens with zero attached hydrogens (tertiary/aromatic N) is 1. The Kier molecular flexibility index (Phi) is 8.09. The fourth-order valence-corrected chi connectivity index (χ4v) is 5.44. The summed E-state index contributed by atoms with van der Waals surface area (Å²) < 4.78 is 38.2. The number of benzene rings is 2. The van der Waals surface area contributed by atoms with Gasteiger partial charge in [0.2, 0.25) is 15.9 Å². The third kappa shape index (κ3) is 6.21. The number of hydrogen-bond acceptors (Lipinski definition) is 6. The second-order valence-electron chi connectivity index (χ2n) is 9.42. The number of methoxy groups -OCH3 is 2. The lowest BCUT2D eigenvalue weighted by atomic mass is 10.0. The number of carbonyl (C=O) groups excluding carboxylic acids is 1. The van der Waals surface area contributed by atoms with Gasteiger partial charge in [-0.2, -0.15) is 4.31 Å². The molecule has 1 saturated heterocycles. The molecule has 1 unspecified atom stereocenters. The summed E-state index contributed by atoms with van der Waals surface area (Å²) in [5.41, 5.74) is 0.880. The Morgan fingerprint density at radius 1 is 0.941 bits per heavy atom. The molecule has 34 heavy (non-hydrogen) atoms. The highest BCUT2D eigenvalue weighted by molar-refractivity contribution is 7.89. The van der Waals surface area contributed by atoms with Gasteiger partial charge >= 0.3 is 0 Å². The number of piperidine rings is 1. The smallest absolute Gasteiger partial charge is 0.247 e. The Morgan fingerprint density at radius 2 is 1.56 bits per heavy atom. The molecule has 2 aromatic rings. The molecule has 0 saturated carbocycles. The first-order valence-corrected chi connectivity index (χ1v) is 12.9. The highest BCUT2D eigenvalue weighted by Gasteiger charge is 2.28. The molecule has 0 bridgehead atoms. The van der Waals surface area contributed by atoms with Crippen LogP contribution in [-0.2, 0) is 14.8 Å². The minimum Gasteiger partial charge on any atom is -0.493 e. The molecule has 186 valence electrons. The van der Waals surface area contributed by atoms with Crippen molar-refractivity contribution in [3.8, 4) is 11.5 Å². The zero-order chi connectivity index (χ0) is 24.9. The minimum atomic E-state index is -3.52. The third-order valence-corrected chi connectivity index (χ3v) is 7.53. The van der Waals surface area contributed by atoms with E-state index in [2.05, 4.69) is 10.6 Å². The number of sulfonamides is 1. The maximum atomic E-state index is 13.2. The Bertz CT molecular complexity index is 1090. The fourth-order valence-electron chi connectivity index (χ4n) is 3.92. The molecule has 1 heterocycles. The number of anilines is 1. The van der Waals surface area contributed by atoms with Crippen molar-refractivity contribution in [2.45, 2.75) is 56.5 Å². The van der Waals surface area contributed by atoms with Gasteiger partial charge < -0.3 is 20.1 Å². The van der Waals surface area contributed by atoms with E-state index in [0.717, 1.165) is 19.3 Å². The van der Waals surface area contributed by atoms with Crippen LogP contribution in [0.1, 0.15) is 51.6 Å². The summed E-state index contributed by atoms with van der Waals surface area (Å²) in [4.78, 5) is 13.5. The van der Waals surface area contributed by atoms with Crippen LogP contribution >= 0.6 is 0 Å². The number of amides is 1. The lowest BCUT2D eigenvalue weighted by Crippen LogP contribution is -2.44. The molecule has 0 aliphatic carbocycles. The first-order chi connectivity index (χ1) is 16.0. The van der Waals surface area contributed by atoms with Crippen molar-refractivity contribution in [2.24, 2.45) is 0 Å². The molecule has 1 fully saturated rings. The molecule has 2 aromatic carbocycles. The van der Waals surface area contributed by atoms with E-state index >= 15 is 0 Å². The van der Waals surface area contributed by atoms with Crippen molar-refractivity contribution in [3.63, 3.8) is 0 Å². The zero-order valence-electron chi connectivity index (χ0n) is 20.6. The van der Waals surface area contributed by atoms with Gasteiger partial charge in [0, 0.05) is 24.3 Å². The number of ether oxygens (including phenoxy) is 2. The summed E-state index contributed by atoms with van der Waals surface area (Å²) in [7, 11) is -0.424. The SMILES string of the molecule is COc1ccc(C(Nc2ccc(S(=O)(=O)N3CCCCC3)cc2)C(=O)NC(C)(C)C)cc1OC. The van der Waals surface area contributed by atoms with Crippen molar-refractivity contribution in [1.29, 1.82) is 0 Å². The molecular weight excluding hydrogens is 454 g/mol. The van der Waals surface area contributed by atoms with Crippen LogP contribution in [0.4, 0.5) is 5.69 Å². The second kappa shape index (κ2) is 10.7. The predicted molar refractivity (Wildman–Crippen MR) is 133 cm³/mol. The number of carbonyl (C=O) groups is 1. The van der Waals surface area contributed by atoms with Crippen molar-refractivity contribution < 1.29 is 22.7 Å². The third-order valence-electron chi connectivity index (χ3n) is 5.62. The molecule has 0 aromatic heterocycles. The topological polar surface area (TPSA) is 97.0 Å². The van der Waals surface area contributed by atoms with Crippen LogP contribution in [0.25, 0.3) is 0 Å².